The van der Waals surface area contributed by atoms with Crippen molar-refractivity contribution >= 4 is 27.3 Å². The monoisotopic (exact) mass is 304 g/mol. The van der Waals surface area contributed by atoms with Crippen LogP contribution in [0.25, 0.3) is 0 Å². The summed E-state index contributed by atoms with van der Waals surface area (Å²) in [5, 5.41) is 2.77. The van der Waals surface area contributed by atoms with E-state index in [-0.39, 0.29) is 5.91 Å². The number of sulfonamides is 1. The molecule has 0 atom stereocenters. The summed E-state index contributed by atoms with van der Waals surface area (Å²) in [5.41, 5.74) is 2.09. The summed E-state index contributed by atoms with van der Waals surface area (Å²) in [6.45, 7) is 1.70. The molecule has 0 saturated heterocycles. The van der Waals surface area contributed by atoms with Gasteiger partial charge < -0.3 is 5.32 Å². The summed E-state index contributed by atoms with van der Waals surface area (Å²) in [4.78, 5) is 12.3. The number of nitrogens with one attached hydrogen (secondary N) is 2. The number of carbonyl (C=O) groups excluding carboxylic acids is 1. The third-order valence-corrected chi connectivity index (χ3v) is 3.50. The van der Waals surface area contributed by atoms with Crippen LogP contribution >= 0.6 is 0 Å². The van der Waals surface area contributed by atoms with Crippen LogP contribution in [0.3, 0.4) is 0 Å². The van der Waals surface area contributed by atoms with Gasteiger partial charge in [-0.05, 0) is 36.8 Å². The van der Waals surface area contributed by atoms with E-state index >= 15 is 0 Å². The second kappa shape index (κ2) is 5.97. The van der Waals surface area contributed by atoms with E-state index in [9.17, 15) is 13.2 Å². The van der Waals surface area contributed by atoms with E-state index < -0.39 is 10.0 Å². The molecule has 21 heavy (non-hydrogen) atoms. The lowest BCUT2D eigenvalue weighted by atomic mass is 10.1. The summed E-state index contributed by atoms with van der Waals surface area (Å²) in [6, 6.07) is 14.0. The Bertz CT molecular complexity index is 756. The Morgan fingerprint density at radius 2 is 1.67 bits per heavy atom. The summed E-state index contributed by atoms with van der Waals surface area (Å²) in [6.07, 6.45) is 1.07. The van der Waals surface area contributed by atoms with Gasteiger partial charge in [0.25, 0.3) is 5.91 Å². The molecule has 0 fully saturated rings. The van der Waals surface area contributed by atoms with Crippen LogP contribution in [0.15, 0.2) is 48.5 Å². The van der Waals surface area contributed by atoms with Gasteiger partial charge in [0.2, 0.25) is 10.0 Å². The Morgan fingerprint density at radius 1 is 1.00 bits per heavy atom. The molecule has 2 aromatic carbocycles. The van der Waals surface area contributed by atoms with Crippen molar-refractivity contribution in [3.05, 3.63) is 59.7 Å². The van der Waals surface area contributed by atoms with Crippen molar-refractivity contribution in [2.45, 2.75) is 6.92 Å². The van der Waals surface area contributed by atoms with Gasteiger partial charge >= 0.3 is 0 Å². The first-order valence-electron chi connectivity index (χ1n) is 6.30. The number of hydrogen-bond acceptors (Lipinski definition) is 3. The van der Waals surface area contributed by atoms with E-state index in [1.807, 2.05) is 18.2 Å². The molecule has 0 bridgehead atoms. The fraction of sp³-hybridized carbons (Fsp3) is 0.133. The largest absolute Gasteiger partial charge is 0.322 e. The number of rotatable bonds is 4. The van der Waals surface area contributed by atoms with Crippen molar-refractivity contribution < 1.29 is 13.2 Å². The summed E-state index contributed by atoms with van der Waals surface area (Å²) >= 11 is 0. The average molecular weight is 304 g/mol. The lowest BCUT2D eigenvalue weighted by Crippen LogP contribution is -2.16. The first kappa shape index (κ1) is 15.1. The van der Waals surface area contributed by atoms with Gasteiger partial charge in [0.1, 0.15) is 0 Å². The molecular formula is C15H16N2O3S. The molecule has 110 valence electrons. The van der Waals surface area contributed by atoms with Crippen LogP contribution in [0.2, 0.25) is 0 Å². The summed E-state index contributed by atoms with van der Waals surface area (Å²) in [7, 11) is -3.38. The highest BCUT2D eigenvalue weighted by Gasteiger charge is 2.13. The zero-order chi connectivity index (χ0) is 15.5. The van der Waals surface area contributed by atoms with Crippen molar-refractivity contribution in [1.82, 2.24) is 0 Å². The molecular weight excluding hydrogens is 288 g/mol. The second-order valence-electron chi connectivity index (χ2n) is 4.67. The van der Waals surface area contributed by atoms with Crippen LogP contribution in [-0.2, 0) is 10.0 Å². The molecule has 2 N–H and O–H groups in total. The third-order valence-electron chi connectivity index (χ3n) is 2.91. The van der Waals surface area contributed by atoms with Crippen molar-refractivity contribution in [1.29, 1.82) is 0 Å². The first-order valence-corrected chi connectivity index (χ1v) is 8.20. The van der Waals surface area contributed by atoms with Gasteiger partial charge in [-0.2, -0.15) is 0 Å². The highest BCUT2D eigenvalue weighted by Crippen LogP contribution is 2.21. The molecule has 0 aliphatic carbocycles. The number of anilines is 2. The standard InChI is InChI=1S/C15H16N2O3S/c1-11-13(9-6-10-14(11)17-21(2,19)20)15(18)16-12-7-4-3-5-8-12/h3-10,17H,1-2H3,(H,16,18). The maximum Gasteiger partial charge on any atom is 0.256 e. The fourth-order valence-electron chi connectivity index (χ4n) is 1.91. The quantitative estimate of drug-likeness (QED) is 0.911. The SMILES string of the molecule is Cc1c(NS(C)(=O)=O)cccc1C(=O)Nc1ccccc1. The normalized spacial score (nSPS) is 11.0. The topological polar surface area (TPSA) is 75.3 Å². The molecule has 0 heterocycles. The third kappa shape index (κ3) is 4.06. The summed E-state index contributed by atoms with van der Waals surface area (Å²) < 4.78 is 25.0. The van der Waals surface area contributed by atoms with Gasteiger partial charge in [-0.1, -0.05) is 24.3 Å². The number of hydrogen-bond donors (Lipinski definition) is 2. The molecule has 2 aromatic rings. The molecule has 1 amide bonds. The van der Waals surface area contributed by atoms with Crippen LogP contribution < -0.4 is 10.0 Å². The lowest BCUT2D eigenvalue weighted by molar-refractivity contribution is 0.102. The van der Waals surface area contributed by atoms with Gasteiger partial charge in [-0.15, -0.1) is 0 Å². The predicted octanol–water partition coefficient (Wildman–Crippen LogP) is 2.62. The van der Waals surface area contributed by atoms with Crippen LogP contribution in [0.5, 0.6) is 0 Å². The minimum absolute atomic E-state index is 0.282. The highest BCUT2D eigenvalue weighted by molar-refractivity contribution is 7.92. The van der Waals surface area contributed by atoms with E-state index in [0.717, 1.165) is 6.26 Å². The number of carbonyl (C=O) groups is 1. The van der Waals surface area contributed by atoms with E-state index in [0.29, 0.717) is 22.5 Å². The van der Waals surface area contributed by atoms with Gasteiger partial charge in [-0.3, -0.25) is 9.52 Å². The predicted molar refractivity (Wildman–Crippen MR) is 84.0 cm³/mol. The Balaban J connectivity index is 2.28. The minimum Gasteiger partial charge on any atom is -0.322 e. The molecule has 0 aromatic heterocycles. The Hall–Kier alpha value is -2.34. The maximum absolute atomic E-state index is 12.3. The van der Waals surface area contributed by atoms with Gasteiger partial charge in [0.15, 0.2) is 0 Å². The van der Waals surface area contributed by atoms with Gasteiger partial charge in [-0.25, -0.2) is 8.42 Å². The minimum atomic E-state index is -3.38. The molecule has 6 heteroatoms. The molecule has 0 unspecified atom stereocenters. The summed E-state index contributed by atoms with van der Waals surface area (Å²) in [5.74, 6) is -0.282. The van der Waals surface area contributed by atoms with E-state index in [2.05, 4.69) is 10.0 Å². The molecule has 0 radical (unpaired) electrons. The van der Waals surface area contributed by atoms with Crippen molar-refractivity contribution in [2.75, 3.05) is 16.3 Å². The van der Waals surface area contributed by atoms with E-state index in [4.69, 9.17) is 0 Å². The Kier molecular flexibility index (Phi) is 4.28. The van der Waals surface area contributed by atoms with Crippen LogP contribution in [0.1, 0.15) is 15.9 Å². The molecule has 5 nitrogen and oxygen atoms in total. The molecule has 0 saturated carbocycles. The Morgan fingerprint density at radius 3 is 2.29 bits per heavy atom. The zero-order valence-electron chi connectivity index (χ0n) is 11.8. The maximum atomic E-state index is 12.3. The fourth-order valence-corrected chi connectivity index (χ4v) is 2.53. The molecule has 0 aliphatic rings. The van der Waals surface area contributed by atoms with E-state index in [1.165, 1.54) is 0 Å². The molecule has 0 aliphatic heterocycles. The highest BCUT2D eigenvalue weighted by atomic mass is 32.2. The van der Waals surface area contributed by atoms with Crippen LogP contribution in [-0.4, -0.2) is 20.6 Å². The van der Waals surface area contributed by atoms with Crippen molar-refractivity contribution in [3.8, 4) is 0 Å². The number of benzene rings is 2. The second-order valence-corrected chi connectivity index (χ2v) is 6.42. The smallest absolute Gasteiger partial charge is 0.256 e. The lowest BCUT2D eigenvalue weighted by Gasteiger charge is -2.12. The number of amides is 1. The zero-order valence-corrected chi connectivity index (χ0v) is 12.6. The van der Waals surface area contributed by atoms with Crippen molar-refractivity contribution in [3.63, 3.8) is 0 Å². The first-order chi connectivity index (χ1) is 9.87. The van der Waals surface area contributed by atoms with Crippen LogP contribution in [0, 0.1) is 6.92 Å². The number of para-hydroxylation sites is 1. The Labute approximate surface area is 124 Å². The van der Waals surface area contributed by atoms with Crippen molar-refractivity contribution in [2.24, 2.45) is 0 Å². The van der Waals surface area contributed by atoms with Gasteiger partial charge in [0, 0.05) is 11.3 Å². The van der Waals surface area contributed by atoms with E-state index in [1.54, 1.807) is 37.3 Å². The molecule has 0 spiro atoms. The van der Waals surface area contributed by atoms with Gasteiger partial charge in [0.05, 0.1) is 11.9 Å². The molecule has 2 rings (SSSR count). The van der Waals surface area contributed by atoms with Crippen LogP contribution in [0.4, 0.5) is 11.4 Å². The average Bonchev–Trinajstić information content (AvgIpc) is 2.40.